The Morgan fingerprint density at radius 2 is 2.11 bits per heavy atom. The average Bonchev–Trinajstić information content (AvgIpc) is 2.35. The first kappa shape index (κ1) is 14.4. The van der Waals surface area contributed by atoms with Gasteiger partial charge in [0, 0.05) is 18.2 Å². The van der Waals surface area contributed by atoms with Crippen LogP contribution in [-0.4, -0.2) is 36.2 Å². The van der Waals surface area contributed by atoms with Gasteiger partial charge in [0.1, 0.15) is 5.82 Å². The van der Waals surface area contributed by atoms with Crippen molar-refractivity contribution in [2.24, 2.45) is 11.7 Å². The van der Waals surface area contributed by atoms with Crippen molar-refractivity contribution in [1.82, 2.24) is 4.90 Å². The molecule has 1 aromatic rings. The Kier molecular flexibility index (Phi) is 4.91. The molecule has 1 fully saturated rings. The standard InChI is InChI=1S/C15H23FN2O/c1-18(10-11-8-12(19)9-11)7-6-15(17)13-4-2-3-5-14(13)16/h2-5,11-12,15,19H,6-10,17H2,1H3. The molecule has 0 amide bonds. The highest BCUT2D eigenvalue weighted by Gasteiger charge is 2.27. The molecule has 3 nitrogen and oxygen atoms in total. The summed E-state index contributed by atoms with van der Waals surface area (Å²) in [4.78, 5) is 2.22. The van der Waals surface area contributed by atoms with E-state index in [4.69, 9.17) is 5.73 Å². The lowest BCUT2D eigenvalue weighted by Gasteiger charge is -2.34. The van der Waals surface area contributed by atoms with Gasteiger partial charge in [0.2, 0.25) is 0 Å². The maximum absolute atomic E-state index is 13.6. The van der Waals surface area contributed by atoms with Gasteiger partial charge in [-0.3, -0.25) is 0 Å². The lowest BCUT2D eigenvalue weighted by atomic mass is 9.82. The second-order valence-corrected chi connectivity index (χ2v) is 5.67. The van der Waals surface area contributed by atoms with Crippen LogP contribution < -0.4 is 5.73 Å². The molecule has 1 atom stereocenters. The summed E-state index contributed by atoms with van der Waals surface area (Å²) in [5.41, 5.74) is 6.63. The largest absolute Gasteiger partial charge is 0.393 e. The van der Waals surface area contributed by atoms with Crippen LogP contribution in [0.4, 0.5) is 4.39 Å². The van der Waals surface area contributed by atoms with Crippen molar-refractivity contribution in [2.75, 3.05) is 20.1 Å². The molecular weight excluding hydrogens is 243 g/mol. The number of benzene rings is 1. The Bertz CT molecular complexity index is 407. The zero-order valence-corrected chi connectivity index (χ0v) is 11.4. The van der Waals surface area contributed by atoms with E-state index >= 15 is 0 Å². The summed E-state index contributed by atoms with van der Waals surface area (Å²) in [5, 5.41) is 9.25. The van der Waals surface area contributed by atoms with Gasteiger partial charge >= 0.3 is 0 Å². The molecule has 0 bridgehead atoms. The maximum Gasteiger partial charge on any atom is 0.127 e. The van der Waals surface area contributed by atoms with Crippen molar-refractivity contribution in [3.63, 3.8) is 0 Å². The maximum atomic E-state index is 13.6. The predicted octanol–water partition coefficient (Wildman–Crippen LogP) is 1.92. The smallest absolute Gasteiger partial charge is 0.127 e. The van der Waals surface area contributed by atoms with Crippen molar-refractivity contribution >= 4 is 0 Å². The Morgan fingerprint density at radius 1 is 1.42 bits per heavy atom. The molecule has 1 aliphatic rings. The third-order valence-corrected chi connectivity index (χ3v) is 3.91. The topological polar surface area (TPSA) is 49.5 Å². The predicted molar refractivity (Wildman–Crippen MR) is 74.2 cm³/mol. The first-order chi connectivity index (χ1) is 9.06. The van der Waals surface area contributed by atoms with Gasteiger partial charge in [-0.15, -0.1) is 0 Å². The van der Waals surface area contributed by atoms with Crippen LogP contribution in [0.5, 0.6) is 0 Å². The van der Waals surface area contributed by atoms with Gasteiger partial charge < -0.3 is 15.7 Å². The fourth-order valence-corrected chi connectivity index (χ4v) is 2.67. The van der Waals surface area contributed by atoms with Crippen LogP contribution in [0.3, 0.4) is 0 Å². The molecule has 1 aliphatic carbocycles. The highest BCUT2D eigenvalue weighted by molar-refractivity contribution is 5.20. The number of hydrogen-bond donors (Lipinski definition) is 2. The summed E-state index contributed by atoms with van der Waals surface area (Å²) in [5.74, 6) is 0.379. The van der Waals surface area contributed by atoms with E-state index in [2.05, 4.69) is 11.9 Å². The number of hydrogen-bond acceptors (Lipinski definition) is 3. The van der Waals surface area contributed by atoms with E-state index in [1.807, 2.05) is 6.07 Å². The molecular formula is C15H23FN2O. The number of nitrogens with two attached hydrogens (primary N) is 1. The SMILES string of the molecule is CN(CCC(N)c1ccccc1F)CC1CC(O)C1. The van der Waals surface area contributed by atoms with Crippen molar-refractivity contribution in [3.8, 4) is 0 Å². The normalized spacial score (nSPS) is 24.3. The van der Waals surface area contributed by atoms with Crippen LogP contribution in [0.2, 0.25) is 0 Å². The lowest BCUT2D eigenvalue weighted by molar-refractivity contribution is 0.0280. The summed E-state index contributed by atoms with van der Waals surface area (Å²) in [6.45, 7) is 1.84. The summed E-state index contributed by atoms with van der Waals surface area (Å²) in [6, 6.07) is 6.45. The molecule has 0 aliphatic heterocycles. The second-order valence-electron chi connectivity index (χ2n) is 5.67. The Morgan fingerprint density at radius 3 is 2.74 bits per heavy atom. The zero-order valence-electron chi connectivity index (χ0n) is 11.4. The third kappa shape index (κ3) is 4.00. The van der Waals surface area contributed by atoms with Crippen molar-refractivity contribution in [2.45, 2.75) is 31.4 Å². The molecule has 2 rings (SSSR count). The van der Waals surface area contributed by atoms with E-state index in [9.17, 15) is 9.50 Å². The van der Waals surface area contributed by atoms with E-state index in [0.717, 1.165) is 32.4 Å². The van der Waals surface area contributed by atoms with Gasteiger partial charge in [-0.25, -0.2) is 4.39 Å². The minimum absolute atomic E-state index is 0.0981. The van der Waals surface area contributed by atoms with Gasteiger partial charge in [-0.05, 0) is 44.8 Å². The number of rotatable bonds is 6. The Labute approximate surface area is 114 Å². The van der Waals surface area contributed by atoms with Gasteiger partial charge in [0.15, 0.2) is 0 Å². The summed E-state index contributed by atoms with van der Waals surface area (Å²) in [6.07, 6.45) is 2.46. The van der Waals surface area contributed by atoms with Crippen LogP contribution >= 0.6 is 0 Å². The van der Waals surface area contributed by atoms with Crippen LogP contribution in [0.15, 0.2) is 24.3 Å². The number of aliphatic hydroxyl groups excluding tert-OH is 1. The van der Waals surface area contributed by atoms with Gasteiger partial charge in [-0.2, -0.15) is 0 Å². The Hall–Kier alpha value is -0.970. The first-order valence-electron chi connectivity index (χ1n) is 6.93. The quantitative estimate of drug-likeness (QED) is 0.827. The van der Waals surface area contributed by atoms with Crippen LogP contribution in [0.1, 0.15) is 30.9 Å². The van der Waals surface area contributed by atoms with Crippen LogP contribution in [0, 0.1) is 11.7 Å². The van der Waals surface area contributed by atoms with E-state index in [0.29, 0.717) is 11.5 Å². The molecule has 0 heterocycles. The fraction of sp³-hybridized carbons (Fsp3) is 0.600. The molecule has 106 valence electrons. The third-order valence-electron chi connectivity index (χ3n) is 3.91. The molecule has 0 spiro atoms. The molecule has 4 heteroatoms. The van der Waals surface area contributed by atoms with Crippen molar-refractivity contribution in [1.29, 1.82) is 0 Å². The van der Waals surface area contributed by atoms with Gasteiger partial charge in [0.25, 0.3) is 0 Å². The van der Waals surface area contributed by atoms with E-state index in [-0.39, 0.29) is 18.0 Å². The van der Waals surface area contributed by atoms with Crippen molar-refractivity contribution in [3.05, 3.63) is 35.6 Å². The first-order valence-corrected chi connectivity index (χ1v) is 6.93. The second kappa shape index (κ2) is 6.46. The number of aliphatic hydroxyl groups is 1. The lowest BCUT2D eigenvalue weighted by Crippen LogP contribution is -2.37. The van der Waals surface area contributed by atoms with Crippen LogP contribution in [-0.2, 0) is 0 Å². The number of nitrogens with zero attached hydrogens (tertiary/aromatic N) is 1. The van der Waals surface area contributed by atoms with Gasteiger partial charge in [-0.1, -0.05) is 18.2 Å². The van der Waals surface area contributed by atoms with Gasteiger partial charge in [0.05, 0.1) is 6.10 Å². The van der Waals surface area contributed by atoms with Crippen LogP contribution in [0.25, 0.3) is 0 Å². The summed E-state index contributed by atoms with van der Waals surface area (Å²) in [7, 11) is 2.05. The van der Waals surface area contributed by atoms with E-state index in [1.54, 1.807) is 12.1 Å². The minimum atomic E-state index is -0.254. The van der Waals surface area contributed by atoms with E-state index in [1.165, 1.54) is 6.07 Å². The highest BCUT2D eigenvalue weighted by atomic mass is 19.1. The molecule has 0 radical (unpaired) electrons. The molecule has 1 saturated carbocycles. The summed E-state index contributed by atoms with van der Waals surface area (Å²) < 4.78 is 13.6. The average molecular weight is 266 g/mol. The molecule has 0 aromatic heterocycles. The monoisotopic (exact) mass is 266 g/mol. The fourth-order valence-electron chi connectivity index (χ4n) is 2.67. The molecule has 1 aromatic carbocycles. The highest BCUT2D eigenvalue weighted by Crippen LogP contribution is 2.27. The Balaban J connectivity index is 1.74. The molecule has 19 heavy (non-hydrogen) atoms. The minimum Gasteiger partial charge on any atom is -0.393 e. The molecule has 3 N–H and O–H groups in total. The van der Waals surface area contributed by atoms with E-state index < -0.39 is 0 Å². The molecule has 1 unspecified atom stereocenters. The molecule has 0 saturated heterocycles. The number of halogens is 1. The van der Waals surface area contributed by atoms with Crippen molar-refractivity contribution < 1.29 is 9.50 Å². The summed E-state index contributed by atoms with van der Waals surface area (Å²) >= 11 is 0. The zero-order chi connectivity index (χ0) is 13.8.